The standard InChI is InChI=1S/C26H28N2O5/c1-15-8-6-9-21(17(15)3)27-23(29)14-33-26(32)18-11-12-19-20(13-18)25(31)28(24(19)30)22-10-5-4-7-16(22)2/h4-5,7,10-13,15,17,21H,6,8-9,14H2,1-3H3,(H,27,29). The number of para-hydroxylation sites is 1. The summed E-state index contributed by atoms with van der Waals surface area (Å²) < 4.78 is 5.19. The van der Waals surface area contributed by atoms with E-state index in [-0.39, 0.29) is 28.6 Å². The highest BCUT2D eigenvalue weighted by Gasteiger charge is 2.38. The van der Waals surface area contributed by atoms with Crippen molar-refractivity contribution in [3.63, 3.8) is 0 Å². The van der Waals surface area contributed by atoms with E-state index >= 15 is 0 Å². The molecule has 1 aliphatic heterocycles. The summed E-state index contributed by atoms with van der Waals surface area (Å²) in [6.07, 6.45) is 3.14. The fraction of sp³-hybridized carbons (Fsp3) is 0.385. The van der Waals surface area contributed by atoms with Gasteiger partial charge in [-0.1, -0.05) is 44.9 Å². The first kappa shape index (κ1) is 22.7. The van der Waals surface area contributed by atoms with Crippen molar-refractivity contribution in [2.75, 3.05) is 11.5 Å². The van der Waals surface area contributed by atoms with Crippen LogP contribution in [0, 0.1) is 18.8 Å². The number of aryl methyl sites for hydroxylation is 1. The molecule has 2 aliphatic rings. The van der Waals surface area contributed by atoms with Crippen molar-refractivity contribution in [2.45, 2.75) is 46.1 Å². The highest BCUT2D eigenvalue weighted by atomic mass is 16.5. The van der Waals surface area contributed by atoms with Gasteiger partial charge in [0.25, 0.3) is 17.7 Å². The molecule has 0 saturated heterocycles. The minimum absolute atomic E-state index is 0.0796. The number of imide groups is 1. The molecule has 1 heterocycles. The number of ether oxygens (including phenoxy) is 1. The molecule has 1 fully saturated rings. The van der Waals surface area contributed by atoms with Crippen LogP contribution in [0.1, 0.15) is 69.7 Å². The van der Waals surface area contributed by atoms with Crippen LogP contribution in [0.15, 0.2) is 42.5 Å². The van der Waals surface area contributed by atoms with E-state index in [0.717, 1.165) is 29.7 Å². The van der Waals surface area contributed by atoms with E-state index < -0.39 is 24.4 Å². The number of carbonyl (C=O) groups excluding carboxylic acids is 4. The Balaban J connectivity index is 1.42. The lowest BCUT2D eigenvalue weighted by Crippen LogP contribution is -2.45. The molecule has 3 atom stereocenters. The number of carbonyl (C=O) groups is 4. The zero-order valence-electron chi connectivity index (χ0n) is 19.1. The summed E-state index contributed by atoms with van der Waals surface area (Å²) in [4.78, 5) is 51.8. The number of hydrogen-bond acceptors (Lipinski definition) is 5. The average molecular weight is 449 g/mol. The van der Waals surface area contributed by atoms with Crippen LogP contribution < -0.4 is 10.2 Å². The second kappa shape index (κ2) is 9.17. The summed E-state index contributed by atoms with van der Waals surface area (Å²) in [6.45, 7) is 5.74. The van der Waals surface area contributed by atoms with Gasteiger partial charge in [0.2, 0.25) is 0 Å². The molecule has 172 valence electrons. The van der Waals surface area contributed by atoms with Crippen molar-refractivity contribution in [3.8, 4) is 0 Å². The van der Waals surface area contributed by atoms with E-state index in [1.807, 2.05) is 19.1 Å². The molecule has 2 aromatic rings. The number of amides is 3. The predicted octanol–water partition coefficient (Wildman–Crippen LogP) is 3.89. The van der Waals surface area contributed by atoms with Gasteiger partial charge < -0.3 is 10.1 Å². The van der Waals surface area contributed by atoms with Gasteiger partial charge in [-0.05, 0) is 55.0 Å². The SMILES string of the molecule is Cc1ccccc1N1C(=O)c2ccc(C(=O)OCC(=O)NC3CCCC(C)C3C)cc2C1=O. The van der Waals surface area contributed by atoms with E-state index in [4.69, 9.17) is 4.74 Å². The van der Waals surface area contributed by atoms with Crippen LogP contribution >= 0.6 is 0 Å². The van der Waals surface area contributed by atoms with Crippen LogP contribution in [0.2, 0.25) is 0 Å². The van der Waals surface area contributed by atoms with Crippen LogP contribution in [-0.2, 0) is 9.53 Å². The molecular weight excluding hydrogens is 420 g/mol. The molecule has 3 unspecified atom stereocenters. The minimum Gasteiger partial charge on any atom is -0.452 e. The molecule has 7 heteroatoms. The Bertz CT molecular complexity index is 1130. The molecule has 0 bridgehead atoms. The first-order chi connectivity index (χ1) is 15.8. The average Bonchev–Trinajstić information content (AvgIpc) is 3.05. The third kappa shape index (κ3) is 4.40. The van der Waals surface area contributed by atoms with Crippen molar-refractivity contribution in [2.24, 2.45) is 11.8 Å². The number of nitrogens with zero attached hydrogens (tertiary/aromatic N) is 1. The summed E-state index contributed by atoms with van der Waals surface area (Å²) in [5.41, 5.74) is 1.80. The maximum atomic E-state index is 13.0. The number of fused-ring (bicyclic) bond motifs is 1. The van der Waals surface area contributed by atoms with E-state index in [1.54, 1.807) is 12.1 Å². The first-order valence-electron chi connectivity index (χ1n) is 11.3. The number of esters is 1. The molecule has 1 N–H and O–H groups in total. The van der Waals surface area contributed by atoms with Crippen molar-refractivity contribution >= 4 is 29.4 Å². The van der Waals surface area contributed by atoms with Crippen molar-refractivity contribution in [1.29, 1.82) is 0 Å². The lowest BCUT2D eigenvalue weighted by molar-refractivity contribution is -0.125. The zero-order chi connectivity index (χ0) is 23.7. The number of rotatable bonds is 5. The van der Waals surface area contributed by atoms with Crippen LogP contribution in [0.25, 0.3) is 0 Å². The predicted molar refractivity (Wildman–Crippen MR) is 123 cm³/mol. The highest BCUT2D eigenvalue weighted by molar-refractivity contribution is 6.34. The van der Waals surface area contributed by atoms with Crippen LogP contribution in [0.3, 0.4) is 0 Å². The molecule has 3 amide bonds. The number of nitrogens with one attached hydrogen (secondary N) is 1. The molecule has 4 rings (SSSR count). The van der Waals surface area contributed by atoms with Gasteiger partial charge in [-0.15, -0.1) is 0 Å². The first-order valence-corrected chi connectivity index (χ1v) is 11.3. The van der Waals surface area contributed by atoms with E-state index in [2.05, 4.69) is 19.2 Å². The molecule has 0 spiro atoms. The van der Waals surface area contributed by atoms with Gasteiger partial charge in [-0.25, -0.2) is 9.69 Å². The summed E-state index contributed by atoms with van der Waals surface area (Å²) in [5.74, 6) is -1.07. The minimum atomic E-state index is -0.715. The molecule has 2 aromatic carbocycles. The summed E-state index contributed by atoms with van der Waals surface area (Å²) >= 11 is 0. The Labute approximate surface area is 193 Å². The van der Waals surface area contributed by atoms with E-state index in [0.29, 0.717) is 17.5 Å². The second-order valence-corrected chi connectivity index (χ2v) is 9.01. The Kier molecular flexibility index (Phi) is 6.31. The lowest BCUT2D eigenvalue weighted by atomic mass is 9.78. The number of anilines is 1. The Morgan fingerprint density at radius 2 is 1.76 bits per heavy atom. The molecule has 7 nitrogen and oxygen atoms in total. The Morgan fingerprint density at radius 1 is 1.03 bits per heavy atom. The molecule has 1 aliphatic carbocycles. The molecule has 1 saturated carbocycles. The molecule has 0 radical (unpaired) electrons. The van der Waals surface area contributed by atoms with Gasteiger partial charge in [-0.2, -0.15) is 0 Å². The van der Waals surface area contributed by atoms with Crippen LogP contribution in [-0.4, -0.2) is 36.3 Å². The second-order valence-electron chi connectivity index (χ2n) is 9.01. The van der Waals surface area contributed by atoms with Gasteiger partial charge in [0.15, 0.2) is 6.61 Å². The lowest BCUT2D eigenvalue weighted by Gasteiger charge is -2.34. The highest BCUT2D eigenvalue weighted by Crippen LogP contribution is 2.31. The maximum Gasteiger partial charge on any atom is 0.338 e. The zero-order valence-corrected chi connectivity index (χ0v) is 19.1. The fourth-order valence-corrected chi connectivity index (χ4v) is 4.65. The fourth-order valence-electron chi connectivity index (χ4n) is 4.65. The Hall–Kier alpha value is -3.48. The van der Waals surface area contributed by atoms with E-state index in [9.17, 15) is 19.2 Å². The normalized spacial score (nSPS) is 22.2. The van der Waals surface area contributed by atoms with Crippen LogP contribution in [0.4, 0.5) is 5.69 Å². The summed E-state index contributed by atoms with van der Waals surface area (Å²) in [5, 5.41) is 2.97. The smallest absolute Gasteiger partial charge is 0.338 e. The third-order valence-corrected chi connectivity index (χ3v) is 6.87. The monoisotopic (exact) mass is 448 g/mol. The topological polar surface area (TPSA) is 92.8 Å². The summed E-state index contributed by atoms with van der Waals surface area (Å²) in [6, 6.07) is 11.5. The largest absolute Gasteiger partial charge is 0.452 e. The van der Waals surface area contributed by atoms with Gasteiger partial charge in [0.05, 0.1) is 22.4 Å². The van der Waals surface area contributed by atoms with Crippen molar-refractivity contribution in [3.05, 3.63) is 64.7 Å². The van der Waals surface area contributed by atoms with Crippen molar-refractivity contribution < 1.29 is 23.9 Å². The van der Waals surface area contributed by atoms with Gasteiger partial charge in [0, 0.05) is 6.04 Å². The summed E-state index contributed by atoms with van der Waals surface area (Å²) in [7, 11) is 0. The maximum absolute atomic E-state index is 13.0. The van der Waals surface area contributed by atoms with Gasteiger partial charge in [0.1, 0.15) is 0 Å². The number of benzene rings is 2. The quantitative estimate of drug-likeness (QED) is 0.553. The van der Waals surface area contributed by atoms with Gasteiger partial charge >= 0.3 is 5.97 Å². The Morgan fingerprint density at radius 3 is 2.52 bits per heavy atom. The molecule has 33 heavy (non-hydrogen) atoms. The van der Waals surface area contributed by atoms with Crippen LogP contribution in [0.5, 0.6) is 0 Å². The molecular formula is C26H28N2O5. The van der Waals surface area contributed by atoms with E-state index in [1.165, 1.54) is 18.2 Å². The van der Waals surface area contributed by atoms with Gasteiger partial charge in [-0.3, -0.25) is 14.4 Å². The van der Waals surface area contributed by atoms with Crippen molar-refractivity contribution in [1.82, 2.24) is 5.32 Å². The number of hydrogen-bond donors (Lipinski definition) is 1. The molecule has 0 aromatic heterocycles. The third-order valence-electron chi connectivity index (χ3n) is 6.87.